The summed E-state index contributed by atoms with van der Waals surface area (Å²) in [6, 6.07) is 2.02. The molecule has 40 valence electrons. The summed E-state index contributed by atoms with van der Waals surface area (Å²) in [7, 11) is 1.64. The molecule has 0 atom stereocenters. The van der Waals surface area contributed by atoms with Gasteiger partial charge in [-0.05, 0) is 6.42 Å². The van der Waals surface area contributed by atoms with E-state index in [4.69, 9.17) is 10.00 Å². The smallest absolute Gasteiger partial charge is 0.0622 e. The number of nitriles is 1. The average molecular weight is 99.1 g/mol. The van der Waals surface area contributed by atoms with E-state index >= 15 is 0 Å². The maximum atomic E-state index is 7.99. The Morgan fingerprint density at radius 1 is 1.71 bits per heavy atom. The van der Waals surface area contributed by atoms with Crippen LogP contribution in [0, 0.1) is 11.3 Å². The normalized spacial score (nSPS) is 8.00. The Hall–Kier alpha value is -0.550. The van der Waals surface area contributed by atoms with E-state index in [0.29, 0.717) is 13.0 Å². The Balaban J connectivity index is 2.60. The molecule has 0 aromatic rings. The van der Waals surface area contributed by atoms with Crippen LogP contribution in [-0.2, 0) is 4.74 Å². The van der Waals surface area contributed by atoms with Crippen molar-refractivity contribution >= 4 is 0 Å². The lowest BCUT2D eigenvalue weighted by atomic mass is 10.4. The van der Waals surface area contributed by atoms with Crippen molar-refractivity contribution in [1.29, 1.82) is 5.26 Å². The lowest BCUT2D eigenvalue weighted by molar-refractivity contribution is 0.196. The quantitative estimate of drug-likeness (QED) is 0.493. The highest BCUT2D eigenvalue weighted by molar-refractivity contribution is 4.67. The molecule has 0 spiro atoms. The Kier molecular flexibility index (Phi) is 5.02. The third kappa shape index (κ3) is 5.45. The first-order chi connectivity index (χ1) is 3.41. The second kappa shape index (κ2) is 5.45. The number of nitrogens with zero attached hydrogens (tertiary/aromatic N) is 1. The predicted molar refractivity (Wildman–Crippen MR) is 26.7 cm³/mol. The number of hydrogen-bond acceptors (Lipinski definition) is 2. The predicted octanol–water partition coefficient (Wildman–Crippen LogP) is 0.937. The second-order valence-corrected chi connectivity index (χ2v) is 1.25. The molecule has 0 N–H and O–H groups in total. The largest absolute Gasteiger partial charge is 0.385 e. The monoisotopic (exact) mass is 99.1 g/mol. The molecule has 0 fully saturated rings. The van der Waals surface area contributed by atoms with E-state index in [-0.39, 0.29) is 0 Å². The van der Waals surface area contributed by atoms with Gasteiger partial charge in [0, 0.05) is 20.1 Å². The fourth-order valence-corrected chi connectivity index (χ4v) is 0.296. The number of rotatable bonds is 3. The third-order valence-corrected chi connectivity index (χ3v) is 0.637. The van der Waals surface area contributed by atoms with Crippen LogP contribution in [0.4, 0.5) is 0 Å². The number of ether oxygens (including phenoxy) is 1. The Morgan fingerprint density at radius 2 is 2.43 bits per heavy atom. The van der Waals surface area contributed by atoms with Gasteiger partial charge in [-0.3, -0.25) is 0 Å². The van der Waals surface area contributed by atoms with Crippen LogP contribution in [0.15, 0.2) is 0 Å². The van der Waals surface area contributed by atoms with E-state index in [0.717, 1.165) is 6.42 Å². The maximum Gasteiger partial charge on any atom is 0.0622 e. The lowest BCUT2D eigenvalue weighted by Gasteiger charge is -1.88. The van der Waals surface area contributed by atoms with E-state index in [1.807, 2.05) is 6.07 Å². The summed E-state index contributed by atoms with van der Waals surface area (Å²) in [5.41, 5.74) is 0. The van der Waals surface area contributed by atoms with Gasteiger partial charge in [0.15, 0.2) is 0 Å². The highest BCUT2D eigenvalue weighted by Gasteiger charge is 1.79. The van der Waals surface area contributed by atoms with Gasteiger partial charge in [0.05, 0.1) is 6.07 Å². The van der Waals surface area contributed by atoms with Crippen molar-refractivity contribution in [2.45, 2.75) is 12.8 Å². The van der Waals surface area contributed by atoms with Gasteiger partial charge in [0.2, 0.25) is 0 Å². The van der Waals surface area contributed by atoms with E-state index in [2.05, 4.69) is 0 Å². The molecule has 0 saturated heterocycles. The van der Waals surface area contributed by atoms with Gasteiger partial charge in [-0.25, -0.2) is 0 Å². The minimum absolute atomic E-state index is 0.605. The molecule has 0 bridgehead atoms. The SMILES string of the molecule is COCCCC#N. The molecule has 0 aliphatic heterocycles. The van der Waals surface area contributed by atoms with Crippen molar-refractivity contribution in [3.63, 3.8) is 0 Å². The van der Waals surface area contributed by atoms with Gasteiger partial charge in [-0.2, -0.15) is 5.26 Å². The summed E-state index contributed by atoms with van der Waals surface area (Å²) in [5.74, 6) is 0. The molecule has 0 aliphatic rings. The van der Waals surface area contributed by atoms with Crippen LogP contribution in [0.5, 0.6) is 0 Å². The Bertz CT molecular complexity index is 65.0. The van der Waals surface area contributed by atoms with Crippen LogP contribution in [0.25, 0.3) is 0 Å². The summed E-state index contributed by atoms with van der Waals surface area (Å²) in [4.78, 5) is 0. The van der Waals surface area contributed by atoms with E-state index in [1.54, 1.807) is 7.11 Å². The van der Waals surface area contributed by atoms with Crippen molar-refractivity contribution in [3.8, 4) is 6.07 Å². The Labute approximate surface area is 43.7 Å². The maximum absolute atomic E-state index is 7.99. The van der Waals surface area contributed by atoms with Gasteiger partial charge in [-0.15, -0.1) is 0 Å². The molecule has 0 aromatic heterocycles. The molecule has 2 heteroatoms. The molecule has 0 aromatic carbocycles. The summed E-state index contributed by atoms with van der Waals surface area (Å²) < 4.78 is 4.69. The van der Waals surface area contributed by atoms with Crippen molar-refractivity contribution in [3.05, 3.63) is 0 Å². The molecule has 0 amide bonds. The van der Waals surface area contributed by atoms with Crippen LogP contribution in [0.2, 0.25) is 0 Å². The average Bonchev–Trinajstić information content (AvgIpc) is 1.69. The van der Waals surface area contributed by atoms with E-state index < -0.39 is 0 Å². The van der Waals surface area contributed by atoms with Gasteiger partial charge in [0.1, 0.15) is 0 Å². The van der Waals surface area contributed by atoms with E-state index in [1.165, 1.54) is 0 Å². The first-order valence-corrected chi connectivity index (χ1v) is 2.27. The fraction of sp³-hybridized carbons (Fsp3) is 0.800. The van der Waals surface area contributed by atoms with Crippen molar-refractivity contribution in [1.82, 2.24) is 0 Å². The van der Waals surface area contributed by atoms with Crippen molar-refractivity contribution < 1.29 is 4.74 Å². The molecule has 0 saturated carbocycles. The summed E-state index contributed by atoms with van der Waals surface area (Å²) in [6.45, 7) is 0.702. The molecule has 0 unspecified atom stereocenters. The first kappa shape index (κ1) is 6.45. The number of unbranched alkanes of at least 4 members (excludes halogenated alkanes) is 1. The molecule has 2 nitrogen and oxygen atoms in total. The number of hydrogen-bond donors (Lipinski definition) is 0. The zero-order chi connectivity index (χ0) is 5.54. The minimum Gasteiger partial charge on any atom is -0.385 e. The molecule has 0 heterocycles. The zero-order valence-electron chi connectivity index (χ0n) is 4.48. The molecular formula is C5H9NO. The molecule has 0 aliphatic carbocycles. The standard InChI is InChI=1S/C5H9NO/c1-7-5-3-2-4-6/h2-3,5H2,1H3. The first-order valence-electron chi connectivity index (χ1n) is 2.27. The molecular weight excluding hydrogens is 90.1 g/mol. The van der Waals surface area contributed by atoms with Crippen LogP contribution in [0.1, 0.15) is 12.8 Å². The zero-order valence-corrected chi connectivity index (χ0v) is 4.48. The summed E-state index contributed by atoms with van der Waals surface area (Å²) >= 11 is 0. The third-order valence-electron chi connectivity index (χ3n) is 0.637. The van der Waals surface area contributed by atoms with Gasteiger partial charge in [-0.1, -0.05) is 0 Å². The van der Waals surface area contributed by atoms with Crippen molar-refractivity contribution in [2.75, 3.05) is 13.7 Å². The summed E-state index contributed by atoms with van der Waals surface area (Å²) in [6.07, 6.45) is 1.46. The summed E-state index contributed by atoms with van der Waals surface area (Å²) in [5, 5.41) is 7.99. The van der Waals surface area contributed by atoms with Crippen LogP contribution in [-0.4, -0.2) is 13.7 Å². The Morgan fingerprint density at radius 3 is 2.86 bits per heavy atom. The highest BCUT2D eigenvalue weighted by atomic mass is 16.5. The van der Waals surface area contributed by atoms with Crippen LogP contribution in [0.3, 0.4) is 0 Å². The molecule has 0 radical (unpaired) electrons. The number of methoxy groups -OCH3 is 1. The topological polar surface area (TPSA) is 33.0 Å². The van der Waals surface area contributed by atoms with Crippen LogP contribution >= 0.6 is 0 Å². The van der Waals surface area contributed by atoms with E-state index in [9.17, 15) is 0 Å². The molecule has 7 heavy (non-hydrogen) atoms. The lowest BCUT2D eigenvalue weighted by Crippen LogP contribution is -1.85. The minimum atomic E-state index is 0.605. The van der Waals surface area contributed by atoms with Gasteiger partial charge >= 0.3 is 0 Å². The van der Waals surface area contributed by atoms with Crippen molar-refractivity contribution in [2.24, 2.45) is 0 Å². The fourth-order valence-electron chi connectivity index (χ4n) is 0.296. The molecule has 0 rings (SSSR count). The van der Waals surface area contributed by atoms with Gasteiger partial charge < -0.3 is 4.74 Å². The van der Waals surface area contributed by atoms with Gasteiger partial charge in [0.25, 0.3) is 0 Å². The second-order valence-electron chi connectivity index (χ2n) is 1.25. The highest BCUT2D eigenvalue weighted by Crippen LogP contribution is 1.83. The van der Waals surface area contributed by atoms with Crippen LogP contribution < -0.4 is 0 Å².